The minimum absolute atomic E-state index is 0.0142. The highest BCUT2D eigenvalue weighted by Gasteiger charge is 2.31. The lowest BCUT2D eigenvalue weighted by Crippen LogP contribution is -2.42. The van der Waals surface area contributed by atoms with E-state index in [4.69, 9.17) is 25.8 Å². The number of hydrogen-bond acceptors (Lipinski definition) is 6. The smallest absolute Gasteiger partial charge is 0.416 e. The molecule has 0 saturated heterocycles. The van der Waals surface area contributed by atoms with E-state index in [1.807, 2.05) is 0 Å². The average molecular weight is 426 g/mol. The molecule has 7 nitrogen and oxygen atoms in total. The molecule has 0 bridgehead atoms. The van der Waals surface area contributed by atoms with Gasteiger partial charge in [-0.25, -0.2) is 4.79 Å². The third-order valence-electron chi connectivity index (χ3n) is 3.46. The summed E-state index contributed by atoms with van der Waals surface area (Å²) in [6.07, 6.45) is -4.54. The first-order chi connectivity index (χ1) is 13.2. The standard InChI is InChI=1S/C17H23ClF3N3O4/c1-4-28-16(25)15(24(7-9-26-2)8-10-27-3)23-22-14-11-12(17(19,20)21)5-6-13(14)18/h5-6,11,22H,4,7-10H2,1-3H3/b23-15-. The van der Waals surface area contributed by atoms with E-state index in [-0.39, 0.29) is 49.5 Å². The Balaban J connectivity index is 3.19. The number of benzene rings is 1. The molecular weight excluding hydrogens is 403 g/mol. The number of alkyl halides is 3. The van der Waals surface area contributed by atoms with Crippen LogP contribution in [0.3, 0.4) is 0 Å². The molecule has 1 rings (SSSR count). The van der Waals surface area contributed by atoms with E-state index in [0.29, 0.717) is 0 Å². The summed E-state index contributed by atoms with van der Waals surface area (Å²) in [7, 11) is 2.99. The average Bonchev–Trinajstić information content (AvgIpc) is 2.63. The van der Waals surface area contributed by atoms with Crippen LogP contribution in [0.5, 0.6) is 0 Å². The third-order valence-corrected chi connectivity index (χ3v) is 3.79. The highest BCUT2D eigenvalue weighted by molar-refractivity contribution is 6.35. The summed E-state index contributed by atoms with van der Waals surface area (Å²) in [4.78, 5) is 13.9. The zero-order valence-electron chi connectivity index (χ0n) is 15.8. The van der Waals surface area contributed by atoms with Crippen LogP contribution in [0.2, 0.25) is 5.02 Å². The van der Waals surface area contributed by atoms with Crippen LogP contribution in [0.1, 0.15) is 12.5 Å². The first kappa shape index (κ1) is 24.0. The van der Waals surface area contributed by atoms with Gasteiger partial charge in [-0.2, -0.15) is 13.2 Å². The van der Waals surface area contributed by atoms with E-state index < -0.39 is 17.7 Å². The van der Waals surface area contributed by atoms with Gasteiger partial charge in [-0.3, -0.25) is 5.43 Å². The van der Waals surface area contributed by atoms with Gasteiger partial charge in [0, 0.05) is 27.3 Å². The van der Waals surface area contributed by atoms with E-state index >= 15 is 0 Å². The Morgan fingerprint density at radius 1 is 1.21 bits per heavy atom. The molecule has 0 saturated carbocycles. The first-order valence-corrected chi connectivity index (χ1v) is 8.72. The molecular formula is C17H23ClF3N3O4. The number of ether oxygens (including phenoxy) is 3. The molecule has 0 radical (unpaired) electrons. The van der Waals surface area contributed by atoms with Gasteiger partial charge >= 0.3 is 12.1 Å². The van der Waals surface area contributed by atoms with Crippen molar-refractivity contribution in [1.29, 1.82) is 0 Å². The second-order valence-electron chi connectivity index (χ2n) is 5.43. The molecule has 158 valence electrons. The molecule has 0 aliphatic carbocycles. The Morgan fingerprint density at radius 3 is 2.32 bits per heavy atom. The Bertz CT molecular complexity index is 664. The van der Waals surface area contributed by atoms with Crippen molar-refractivity contribution < 1.29 is 32.2 Å². The number of nitrogens with zero attached hydrogens (tertiary/aromatic N) is 2. The number of rotatable bonds is 9. The number of carbonyl (C=O) groups excluding carboxylic acids is 1. The van der Waals surface area contributed by atoms with E-state index in [1.165, 1.54) is 14.2 Å². The summed E-state index contributed by atoms with van der Waals surface area (Å²) >= 11 is 5.95. The molecule has 0 heterocycles. The molecule has 0 aliphatic rings. The van der Waals surface area contributed by atoms with Crippen LogP contribution in [-0.4, -0.2) is 63.8 Å². The highest BCUT2D eigenvalue weighted by Crippen LogP contribution is 2.33. The van der Waals surface area contributed by atoms with Crippen LogP contribution in [0, 0.1) is 0 Å². The van der Waals surface area contributed by atoms with Crippen molar-refractivity contribution in [1.82, 2.24) is 4.90 Å². The van der Waals surface area contributed by atoms with Crippen LogP contribution in [0.4, 0.5) is 18.9 Å². The quantitative estimate of drug-likeness (QED) is 0.283. The minimum Gasteiger partial charge on any atom is -0.460 e. The summed E-state index contributed by atoms with van der Waals surface area (Å²) < 4.78 is 53.8. The number of nitrogens with one attached hydrogen (secondary N) is 1. The Labute approximate surface area is 166 Å². The lowest BCUT2D eigenvalue weighted by atomic mass is 10.2. The fourth-order valence-electron chi connectivity index (χ4n) is 2.07. The second kappa shape index (κ2) is 11.7. The van der Waals surface area contributed by atoms with Crippen molar-refractivity contribution in [2.24, 2.45) is 5.10 Å². The van der Waals surface area contributed by atoms with Crippen molar-refractivity contribution >= 4 is 29.1 Å². The van der Waals surface area contributed by atoms with Gasteiger partial charge in [0.25, 0.3) is 0 Å². The maximum Gasteiger partial charge on any atom is 0.416 e. The van der Waals surface area contributed by atoms with Crippen LogP contribution >= 0.6 is 11.6 Å². The van der Waals surface area contributed by atoms with E-state index in [1.54, 1.807) is 11.8 Å². The van der Waals surface area contributed by atoms with Gasteiger partial charge in [0.1, 0.15) is 0 Å². The van der Waals surface area contributed by atoms with Crippen LogP contribution in [0.15, 0.2) is 23.3 Å². The molecule has 28 heavy (non-hydrogen) atoms. The van der Waals surface area contributed by atoms with Gasteiger partial charge in [-0.1, -0.05) is 11.6 Å². The van der Waals surface area contributed by atoms with Crippen molar-refractivity contribution in [3.05, 3.63) is 28.8 Å². The number of hydrogen-bond donors (Lipinski definition) is 1. The van der Waals surface area contributed by atoms with E-state index in [9.17, 15) is 18.0 Å². The molecule has 0 unspecified atom stereocenters. The first-order valence-electron chi connectivity index (χ1n) is 8.35. The fourth-order valence-corrected chi connectivity index (χ4v) is 2.23. The maximum atomic E-state index is 12.9. The molecule has 11 heteroatoms. The van der Waals surface area contributed by atoms with Crippen LogP contribution < -0.4 is 5.43 Å². The zero-order valence-corrected chi connectivity index (χ0v) is 16.6. The van der Waals surface area contributed by atoms with Gasteiger partial charge in [-0.05, 0) is 25.1 Å². The Kier molecular flexibility index (Phi) is 10.0. The van der Waals surface area contributed by atoms with Gasteiger partial charge < -0.3 is 19.1 Å². The number of carbonyl (C=O) groups is 1. The number of esters is 1. The molecule has 0 aliphatic heterocycles. The number of methoxy groups -OCH3 is 2. The number of halogens is 4. The SMILES string of the molecule is CCOC(=O)/C(=N/Nc1cc(C(F)(F)F)ccc1Cl)N(CCOC)CCOC. The topological polar surface area (TPSA) is 72.4 Å². The van der Waals surface area contributed by atoms with Crippen molar-refractivity contribution in [3.8, 4) is 0 Å². The number of hydrazone groups is 1. The van der Waals surface area contributed by atoms with Crippen LogP contribution in [0.25, 0.3) is 0 Å². The molecule has 0 amide bonds. The van der Waals surface area contributed by atoms with Gasteiger partial charge in [0.15, 0.2) is 0 Å². The number of anilines is 1. The van der Waals surface area contributed by atoms with E-state index in [2.05, 4.69) is 10.5 Å². The molecule has 0 atom stereocenters. The van der Waals surface area contributed by atoms with Gasteiger partial charge in [-0.15, -0.1) is 5.10 Å². The summed E-state index contributed by atoms with van der Waals surface area (Å²) in [5, 5.41) is 3.97. The minimum atomic E-state index is -4.54. The van der Waals surface area contributed by atoms with Crippen molar-refractivity contribution in [2.45, 2.75) is 13.1 Å². The summed E-state index contributed by atoms with van der Waals surface area (Å²) in [5.74, 6) is -0.880. The van der Waals surface area contributed by atoms with E-state index in [0.717, 1.165) is 18.2 Å². The molecule has 1 aromatic rings. The molecule has 0 fully saturated rings. The van der Waals surface area contributed by atoms with Crippen LogP contribution in [-0.2, 0) is 25.2 Å². The molecule has 0 aromatic heterocycles. The third kappa shape index (κ3) is 7.53. The second-order valence-corrected chi connectivity index (χ2v) is 5.84. The predicted octanol–water partition coefficient (Wildman–Crippen LogP) is 3.24. The highest BCUT2D eigenvalue weighted by atomic mass is 35.5. The maximum absolute atomic E-state index is 12.9. The summed E-state index contributed by atoms with van der Waals surface area (Å²) in [6.45, 7) is 2.87. The lowest BCUT2D eigenvalue weighted by molar-refractivity contribution is -0.138. The predicted molar refractivity (Wildman–Crippen MR) is 99.5 cm³/mol. The van der Waals surface area contributed by atoms with Crippen molar-refractivity contribution in [3.63, 3.8) is 0 Å². The Morgan fingerprint density at radius 2 is 1.82 bits per heavy atom. The molecule has 1 aromatic carbocycles. The largest absolute Gasteiger partial charge is 0.460 e. The van der Waals surface area contributed by atoms with Crippen molar-refractivity contribution in [2.75, 3.05) is 52.6 Å². The molecule has 0 spiro atoms. The monoisotopic (exact) mass is 425 g/mol. The fraction of sp³-hybridized carbons (Fsp3) is 0.529. The Hall–Kier alpha value is -2.04. The normalized spacial score (nSPS) is 12.0. The van der Waals surface area contributed by atoms with Gasteiger partial charge in [0.05, 0.1) is 36.1 Å². The summed E-state index contributed by atoms with van der Waals surface area (Å²) in [5.41, 5.74) is 1.43. The number of amidine groups is 1. The zero-order chi connectivity index (χ0) is 21.2. The lowest BCUT2D eigenvalue weighted by Gasteiger charge is -2.24. The summed E-state index contributed by atoms with van der Waals surface area (Å²) in [6, 6.07) is 2.76. The molecule has 1 N–H and O–H groups in total. The van der Waals surface area contributed by atoms with Gasteiger partial charge in [0.2, 0.25) is 5.84 Å².